The highest BCUT2D eigenvalue weighted by molar-refractivity contribution is 8.22. The van der Waals surface area contributed by atoms with E-state index in [1.165, 1.54) is 10.6 Å². The molecule has 13 heteroatoms. The number of aliphatic carboxylic acids is 1. The van der Waals surface area contributed by atoms with Crippen molar-refractivity contribution in [1.29, 1.82) is 0 Å². The van der Waals surface area contributed by atoms with Crippen LogP contribution in [0.25, 0.3) is 5.65 Å². The summed E-state index contributed by atoms with van der Waals surface area (Å²) >= 11 is 0. The zero-order valence-corrected chi connectivity index (χ0v) is 24.7. The Kier molecular flexibility index (Phi) is 7.84. The number of aromatic nitrogens is 4. The molecule has 1 saturated heterocycles. The van der Waals surface area contributed by atoms with E-state index in [2.05, 4.69) is 20.1 Å². The Bertz CT molecular complexity index is 1680. The number of fused-ring (bicyclic) bond motifs is 4. The minimum Gasteiger partial charge on any atom is -0.481 e. The van der Waals surface area contributed by atoms with Crippen molar-refractivity contribution in [2.24, 2.45) is 0 Å². The van der Waals surface area contributed by atoms with Crippen LogP contribution in [-0.4, -0.2) is 63.2 Å². The van der Waals surface area contributed by atoms with Gasteiger partial charge in [-0.05, 0) is 79.1 Å². The number of carboxylic acids is 1. The number of hydrogen-bond donors (Lipinski definition) is 3. The predicted molar refractivity (Wildman–Crippen MR) is 159 cm³/mol. The number of nitrogens with zero attached hydrogens (tertiary/aromatic N) is 6. The summed E-state index contributed by atoms with van der Waals surface area (Å²) in [6.07, 6.45) is 3.08. The number of hydrogen-bond acceptors (Lipinski definition) is 8. The quantitative estimate of drug-likeness (QED) is 0.224. The molecule has 5 heterocycles. The van der Waals surface area contributed by atoms with Gasteiger partial charge in [-0.1, -0.05) is 18.2 Å². The zero-order chi connectivity index (χ0) is 30.5. The number of carboxylic acid groups (broad SMARTS) is 1. The van der Waals surface area contributed by atoms with E-state index in [9.17, 15) is 27.8 Å². The van der Waals surface area contributed by atoms with Crippen LogP contribution in [0.2, 0.25) is 0 Å². The highest BCUT2D eigenvalue weighted by Crippen LogP contribution is 2.57. The molecule has 2 aliphatic rings. The molecule has 0 bridgehead atoms. The van der Waals surface area contributed by atoms with Crippen molar-refractivity contribution in [3.05, 3.63) is 82.4 Å². The first-order valence-electron chi connectivity index (χ1n) is 14.2. The molecule has 2 aliphatic heterocycles. The summed E-state index contributed by atoms with van der Waals surface area (Å²) in [5.41, 5.74) is 3.95. The Morgan fingerprint density at radius 3 is 2.72 bits per heavy atom. The van der Waals surface area contributed by atoms with E-state index in [0.29, 0.717) is 28.4 Å². The fourth-order valence-corrected chi connectivity index (χ4v) is 8.06. The largest absolute Gasteiger partial charge is 0.481 e. The molecule has 4 aromatic rings. The van der Waals surface area contributed by atoms with Gasteiger partial charge in [0.05, 0.1) is 6.42 Å². The third kappa shape index (κ3) is 5.35. The van der Waals surface area contributed by atoms with E-state index in [0.717, 1.165) is 42.5 Å². The molecule has 3 N–H and O–H groups in total. The summed E-state index contributed by atoms with van der Waals surface area (Å²) in [5, 5.41) is 17.5. The third-order valence-corrected chi connectivity index (χ3v) is 10.6. The van der Waals surface area contributed by atoms with Crippen LogP contribution < -0.4 is 4.90 Å². The van der Waals surface area contributed by atoms with Crippen LogP contribution >= 0.6 is 10.8 Å². The normalized spacial score (nSPS) is 20.0. The van der Waals surface area contributed by atoms with Crippen LogP contribution in [0.4, 0.5) is 14.6 Å². The van der Waals surface area contributed by atoms with Gasteiger partial charge >= 0.3 is 5.97 Å². The minimum absolute atomic E-state index is 0.0787. The van der Waals surface area contributed by atoms with Crippen molar-refractivity contribution in [2.45, 2.75) is 69.4 Å². The lowest BCUT2D eigenvalue weighted by Gasteiger charge is -2.42. The van der Waals surface area contributed by atoms with E-state index in [1.807, 2.05) is 25.1 Å². The highest BCUT2D eigenvalue weighted by Gasteiger charge is 2.39. The first kappa shape index (κ1) is 29.4. The maximum Gasteiger partial charge on any atom is 0.304 e. The summed E-state index contributed by atoms with van der Waals surface area (Å²) in [7, 11) is -3.38. The van der Waals surface area contributed by atoms with Crippen LogP contribution in [0.1, 0.15) is 71.7 Å². The predicted octanol–water partition coefficient (Wildman–Crippen LogP) is 6.18. The van der Waals surface area contributed by atoms with Gasteiger partial charge in [0.25, 0.3) is 6.43 Å². The van der Waals surface area contributed by atoms with Gasteiger partial charge in [-0.2, -0.15) is 4.31 Å². The van der Waals surface area contributed by atoms with Gasteiger partial charge in [0.2, 0.25) is 5.82 Å². The van der Waals surface area contributed by atoms with Crippen LogP contribution in [0, 0.1) is 13.8 Å². The van der Waals surface area contributed by atoms with E-state index < -0.39 is 34.9 Å². The van der Waals surface area contributed by atoms with Crippen LogP contribution in [0.15, 0.2) is 53.7 Å². The molecule has 1 aromatic carbocycles. The van der Waals surface area contributed by atoms with E-state index in [4.69, 9.17) is 0 Å². The molecule has 10 nitrogen and oxygen atoms in total. The zero-order valence-electron chi connectivity index (χ0n) is 23.9. The number of anilines is 1. The van der Waals surface area contributed by atoms with Crippen LogP contribution in [0.3, 0.4) is 0 Å². The topological polar surface area (TPSA) is 127 Å². The molecule has 0 amide bonds. The molecule has 228 valence electrons. The van der Waals surface area contributed by atoms with Gasteiger partial charge in [-0.3, -0.25) is 18.3 Å². The first-order chi connectivity index (χ1) is 20.6. The molecular weight excluding hydrogens is 578 g/mol. The molecule has 1 fully saturated rings. The summed E-state index contributed by atoms with van der Waals surface area (Å²) in [5.74, 6) is -1.46. The Balaban J connectivity index is 1.39. The number of aryl methyl sites for hydroxylation is 2. The number of pyridine rings is 2. The number of piperidine rings is 1. The van der Waals surface area contributed by atoms with Gasteiger partial charge in [0.15, 0.2) is 11.5 Å². The molecule has 2 atom stereocenters. The lowest BCUT2D eigenvalue weighted by atomic mass is 9.85. The molecule has 0 aliphatic carbocycles. The Hall–Kier alpha value is -3.65. The molecule has 0 spiro atoms. The fourth-order valence-electron chi connectivity index (χ4n) is 6.41. The second kappa shape index (κ2) is 11.5. The molecular formula is C30H34F2N6O4S. The lowest BCUT2D eigenvalue weighted by molar-refractivity contribution is -0.137. The molecule has 1 unspecified atom stereocenters. The summed E-state index contributed by atoms with van der Waals surface area (Å²) in [6, 6.07) is 10.9. The van der Waals surface area contributed by atoms with Gasteiger partial charge in [0.1, 0.15) is 4.90 Å². The Morgan fingerprint density at radius 2 is 1.95 bits per heavy atom. The maximum atomic E-state index is 13.4. The van der Waals surface area contributed by atoms with E-state index in [1.54, 1.807) is 35.6 Å². The van der Waals surface area contributed by atoms with Crippen molar-refractivity contribution in [2.75, 3.05) is 18.0 Å². The number of halogens is 2. The SMILES string of the molecule is Cc1ccc(C(CC(=O)O)c2ccn3c(C(F)F)nnc3c2C)cc1CN1C[C@@H]2CCCCN2c2ncccc2S1(O)O. The van der Waals surface area contributed by atoms with Crippen molar-refractivity contribution in [1.82, 2.24) is 23.9 Å². The van der Waals surface area contributed by atoms with Gasteiger partial charge in [0, 0.05) is 44.0 Å². The monoisotopic (exact) mass is 612 g/mol. The molecule has 3 aromatic heterocycles. The van der Waals surface area contributed by atoms with Crippen molar-refractivity contribution in [3.8, 4) is 0 Å². The van der Waals surface area contributed by atoms with Gasteiger partial charge < -0.3 is 10.0 Å². The standard InChI is InChI=1S/C30H34F2N6O4S/c1-18-8-9-20(24(15-26(39)40)23-10-13-38-28(19(23)2)34-35-30(38)27(31)32)14-21(18)16-36-17-22-6-3-4-12-37(22)29-25(43(36,41)42)7-5-11-33-29/h5,7-11,13-14,22,24,27,41-42H,3-4,6,12,15-17H2,1-2H3,(H,39,40)/t22-,24?/m0/s1. The maximum absolute atomic E-state index is 13.4. The average Bonchev–Trinajstić information content (AvgIpc) is 3.39. The number of rotatable bonds is 7. The lowest BCUT2D eigenvalue weighted by Crippen LogP contribution is -2.45. The summed E-state index contributed by atoms with van der Waals surface area (Å²) < 4.78 is 53.2. The number of alkyl halides is 2. The molecule has 6 rings (SSSR count). The van der Waals surface area contributed by atoms with Crippen molar-refractivity contribution in [3.63, 3.8) is 0 Å². The fraction of sp³-hybridized carbons (Fsp3) is 0.400. The smallest absolute Gasteiger partial charge is 0.304 e. The first-order valence-corrected chi connectivity index (χ1v) is 15.7. The van der Waals surface area contributed by atoms with Crippen molar-refractivity contribution >= 4 is 28.2 Å². The van der Waals surface area contributed by atoms with Gasteiger partial charge in [-0.25, -0.2) is 13.8 Å². The third-order valence-electron chi connectivity index (χ3n) is 8.68. The molecule has 0 saturated carbocycles. The Labute approximate surface area is 249 Å². The van der Waals surface area contributed by atoms with Crippen LogP contribution in [0.5, 0.6) is 0 Å². The minimum atomic E-state index is -3.38. The average molecular weight is 613 g/mol. The summed E-state index contributed by atoms with van der Waals surface area (Å²) in [4.78, 5) is 19.2. The van der Waals surface area contributed by atoms with Gasteiger partial charge in [-0.15, -0.1) is 21.0 Å². The Morgan fingerprint density at radius 1 is 1.14 bits per heavy atom. The molecule has 43 heavy (non-hydrogen) atoms. The van der Waals surface area contributed by atoms with E-state index >= 15 is 0 Å². The second-order valence-corrected chi connectivity index (χ2v) is 13.3. The second-order valence-electron chi connectivity index (χ2n) is 11.3. The molecule has 0 radical (unpaired) electrons. The number of carbonyl (C=O) groups is 1. The van der Waals surface area contributed by atoms with Crippen LogP contribution in [-0.2, 0) is 11.3 Å². The highest BCUT2D eigenvalue weighted by atomic mass is 32.3. The van der Waals surface area contributed by atoms with Crippen molar-refractivity contribution < 1.29 is 27.8 Å². The number of benzene rings is 1. The van der Waals surface area contributed by atoms with E-state index in [-0.39, 0.29) is 24.7 Å². The summed E-state index contributed by atoms with van der Waals surface area (Å²) in [6.45, 7) is 5.15.